The minimum absolute atomic E-state index is 0.438. The Hall–Kier alpha value is -2.50. The van der Waals surface area contributed by atoms with Crippen molar-refractivity contribution in [2.45, 2.75) is 51.9 Å². The van der Waals surface area contributed by atoms with Crippen molar-refractivity contribution in [2.24, 2.45) is 0 Å². The maximum Gasteiger partial charge on any atom is 0.408 e. The Balaban J connectivity index is 2.93. The first-order valence-electron chi connectivity index (χ1n) is 8.07. The van der Waals surface area contributed by atoms with Gasteiger partial charge >= 0.3 is 12.1 Å². The molecular formula is C19H27NO5. The molecule has 0 aliphatic rings. The van der Waals surface area contributed by atoms with Gasteiger partial charge in [-0.3, -0.25) is 4.79 Å². The summed E-state index contributed by atoms with van der Waals surface area (Å²) in [5.74, 6) is 0.288. The van der Waals surface area contributed by atoms with Crippen LogP contribution in [0.3, 0.4) is 0 Å². The fourth-order valence-electron chi connectivity index (χ4n) is 2.21. The van der Waals surface area contributed by atoms with E-state index in [2.05, 4.69) is 11.9 Å². The zero-order valence-corrected chi connectivity index (χ0v) is 15.5. The number of hydrogen-bond donors (Lipinski definition) is 1. The zero-order valence-electron chi connectivity index (χ0n) is 15.5. The number of carbonyl (C=O) groups excluding carboxylic acids is 2. The summed E-state index contributed by atoms with van der Waals surface area (Å²) in [6, 6.07) is 6.92. The van der Waals surface area contributed by atoms with Crippen molar-refractivity contribution < 1.29 is 23.8 Å². The van der Waals surface area contributed by atoms with Gasteiger partial charge in [-0.15, -0.1) is 0 Å². The summed E-state index contributed by atoms with van der Waals surface area (Å²) >= 11 is 0. The highest BCUT2D eigenvalue weighted by Crippen LogP contribution is 2.16. The van der Waals surface area contributed by atoms with Crippen LogP contribution in [0.25, 0.3) is 0 Å². The lowest BCUT2D eigenvalue weighted by Gasteiger charge is -2.27. The van der Waals surface area contributed by atoms with Gasteiger partial charge in [-0.05, 0) is 51.0 Å². The second-order valence-corrected chi connectivity index (χ2v) is 6.61. The van der Waals surface area contributed by atoms with E-state index < -0.39 is 29.8 Å². The van der Waals surface area contributed by atoms with E-state index in [9.17, 15) is 9.59 Å². The molecule has 0 saturated heterocycles. The van der Waals surface area contributed by atoms with Crippen molar-refractivity contribution in [3.8, 4) is 5.75 Å². The molecule has 0 spiro atoms. The van der Waals surface area contributed by atoms with Crippen LogP contribution >= 0.6 is 0 Å². The molecule has 1 rings (SSSR count). The lowest BCUT2D eigenvalue weighted by molar-refractivity contribution is -0.145. The molecule has 0 aliphatic carbocycles. The maximum atomic E-state index is 12.1. The van der Waals surface area contributed by atoms with Gasteiger partial charge in [0, 0.05) is 6.92 Å². The molecule has 0 heterocycles. The molecule has 138 valence electrons. The molecular weight excluding hydrogens is 322 g/mol. The van der Waals surface area contributed by atoms with E-state index in [1.165, 1.54) is 13.0 Å². The average molecular weight is 349 g/mol. The largest absolute Gasteiger partial charge is 0.497 e. The fraction of sp³-hybridized carbons (Fsp3) is 0.474. The van der Waals surface area contributed by atoms with Gasteiger partial charge in [0.25, 0.3) is 0 Å². The monoisotopic (exact) mass is 349 g/mol. The summed E-state index contributed by atoms with van der Waals surface area (Å²) in [7, 11) is 1.59. The molecule has 25 heavy (non-hydrogen) atoms. The minimum atomic E-state index is -0.674. The van der Waals surface area contributed by atoms with Crippen LogP contribution in [0.15, 0.2) is 36.9 Å². The molecule has 0 radical (unpaired) electrons. The van der Waals surface area contributed by atoms with Crippen LogP contribution in [0.4, 0.5) is 4.79 Å². The second kappa shape index (κ2) is 9.11. The number of nitrogens with one attached hydrogen (secondary N) is 1. The molecule has 6 heteroatoms. The number of methoxy groups -OCH3 is 1. The summed E-state index contributed by atoms with van der Waals surface area (Å²) in [6.45, 7) is 10.4. The smallest absolute Gasteiger partial charge is 0.408 e. The van der Waals surface area contributed by atoms with Crippen LogP contribution < -0.4 is 10.1 Å². The number of benzene rings is 1. The first kappa shape index (κ1) is 20.5. The normalized spacial score (nSPS) is 13.3. The van der Waals surface area contributed by atoms with Crippen LogP contribution in [0, 0.1) is 0 Å². The van der Waals surface area contributed by atoms with E-state index >= 15 is 0 Å². The quantitative estimate of drug-likeness (QED) is 0.604. The molecule has 0 saturated carbocycles. The number of ether oxygens (including phenoxy) is 3. The minimum Gasteiger partial charge on any atom is -0.497 e. The number of alkyl carbamates (subject to hydrolysis) is 1. The van der Waals surface area contributed by atoms with Crippen molar-refractivity contribution in [3.05, 3.63) is 42.5 Å². The van der Waals surface area contributed by atoms with E-state index in [4.69, 9.17) is 14.2 Å². The van der Waals surface area contributed by atoms with E-state index in [0.29, 0.717) is 6.42 Å². The fourth-order valence-corrected chi connectivity index (χ4v) is 2.21. The average Bonchev–Trinajstić information content (AvgIpc) is 2.50. The third-order valence-electron chi connectivity index (χ3n) is 3.25. The summed E-state index contributed by atoms with van der Waals surface area (Å²) in [5, 5.41) is 2.77. The van der Waals surface area contributed by atoms with Gasteiger partial charge < -0.3 is 19.5 Å². The molecule has 0 aromatic heterocycles. The van der Waals surface area contributed by atoms with Gasteiger partial charge in [-0.25, -0.2) is 4.79 Å². The Morgan fingerprint density at radius 1 is 1.24 bits per heavy atom. The van der Waals surface area contributed by atoms with Gasteiger partial charge in [0.1, 0.15) is 17.5 Å². The van der Waals surface area contributed by atoms with E-state index in [1.807, 2.05) is 24.3 Å². The predicted octanol–water partition coefficient (Wildman–Crippen LogP) is 3.25. The molecule has 6 nitrogen and oxygen atoms in total. The third-order valence-corrected chi connectivity index (χ3v) is 3.25. The van der Waals surface area contributed by atoms with Gasteiger partial charge in [-0.2, -0.15) is 0 Å². The van der Waals surface area contributed by atoms with Crippen molar-refractivity contribution in [2.75, 3.05) is 7.11 Å². The standard InChI is InChI=1S/C19H27NO5/c1-7-17(24-13(2)21)16(20-18(22)25-19(3,4)5)12-14-8-10-15(23-6)11-9-14/h7-11,16-17H,1,12H2,2-6H3,(H,20,22)/t16-,17-/m1/s1. The lowest BCUT2D eigenvalue weighted by atomic mass is 10.0. The van der Waals surface area contributed by atoms with Crippen LogP contribution in [0.2, 0.25) is 0 Å². The van der Waals surface area contributed by atoms with Crippen molar-refractivity contribution in [1.29, 1.82) is 0 Å². The van der Waals surface area contributed by atoms with Gasteiger partial charge in [0.2, 0.25) is 0 Å². The Bertz CT molecular complexity index is 589. The highest BCUT2D eigenvalue weighted by Gasteiger charge is 2.26. The molecule has 0 unspecified atom stereocenters. The molecule has 1 amide bonds. The molecule has 0 bridgehead atoms. The van der Waals surface area contributed by atoms with Crippen molar-refractivity contribution in [1.82, 2.24) is 5.32 Å². The highest BCUT2D eigenvalue weighted by molar-refractivity contribution is 5.69. The topological polar surface area (TPSA) is 73.9 Å². The summed E-state index contributed by atoms with van der Waals surface area (Å²) < 4.78 is 15.7. The van der Waals surface area contributed by atoms with Gasteiger partial charge in [-0.1, -0.05) is 18.7 Å². The Morgan fingerprint density at radius 3 is 2.28 bits per heavy atom. The summed E-state index contributed by atoms with van der Waals surface area (Å²) in [6.07, 6.45) is 0.678. The lowest BCUT2D eigenvalue weighted by Crippen LogP contribution is -2.47. The SMILES string of the molecule is C=C[C@@H](OC(C)=O)[C@@H](Cc1ccc(OC)cc1)NC(=O)OC(C)(C)C. The van der Waals surface area contributed by atoms with E-state index in [-0.39, 0.29) is 0 Å². The third kappa shape index (κ3) is 7.74. The first-order chi connectivity index (χ1) is 11.6. The zero-order chi connectivity index (χ0) is 19.0. The van der Waals surface area contributed by atoms with Crippen LogP contribution in [0.5, 0.6) is 5.75 Å². The molecule has 0 aliphatic heterocycles. The summed E-state index contributed by atoms with van der Waals surface area (Å²) in [4.78, 5) is 23.5. The number of carbonyl (C=O) groups is 2. The van der Waals surface area contributed by atoms with Crippen molar-refractivity contribution in [3.63, 3.8) is 0 Å². The molecule has 1 N–H and O–H groups in total. The Kier molecular flexibility index (Phi) is 7.48. The first-order valence-corrected chi connectivity index (χ1v) is 8.07. The Labute approximate surface area is 149 Å². The van der Waals surface area contributed by atoms with E-state index in [1.54, 1.807) is 27.9 Å². The van der Waals surface area contributed by atoms with E-state index in [0.717, 1.165) is 11.3 Å². The van der Waals surface area contributed by atoms with Crippen LogP contribution in [-0.2, 0) is 20.7 Å². The molecule has 0 fully saturated rings. The predicted molar refractivity (Wildman–Crippen MR) is 95.6 cm³/mol. The van der Waals surface area contributed by atoms with Crippen LogP contribution in [0.1, 0.15) is 33.3 Å². The summed E-state index contributed by atoms with van der Waals surface area (Å²) in [5.41, 5.74) is 0.320. The maximum absolute atomic E-state index is 12.1. The molecule has 1 aromatic carbocycles. The number of esters is 1. The van der Waals surface area contributed by atoms with Crippen LogP contribution in [-0.4, -0.2) is 36.9 Å². The molecule has 2 atom stereocenters. The molecule has 1 aromatic rings. The number of hydrogen-bond acceptors (Lipinski definition) is 5. The van der Waals surface area contributed by atoms with Gasteiger partial charge in [0.15, 0.2) is 0 Å². The number of rotatable bonds is 7. The Morgan fingerprint density at radius 2 is 1.84 bits per heavy atom. The second-order valence-electron chi connectivity index (χ2n) is 6.61. The van der Waals surface area contributed by atoms with Crippen molar-refractivity contribution >= 4 is 12.1 Å². The number of amides is 1. The van der Waals surface area contributed by atoms with Gasteiger partial charge in [0.05, 0.1) is 13.2 Å². The highest BCUT2D eigenvalue weighted by atomic mass is 16.6.